The van der Waals surface area contributed by atoms with Gasteiger partial charge in [-0.2, -0.15) is 0 Å². The number of hydrogen-bond donors (Lipinski definition) is 3. The van der Waals surface area contributed by atoms with E-state index in [1.807, 2.05) is 6.92 Å². The molecule has 1 saturated heterocycles. The zero-order chi connectivity index (χ0) is 22.0. The third-order valence-corrected chi connectivity index (χ3v) is 5.46. The Kier molecular flexibility index (Phi) is 6.14. The number of carbonyl (C=O) groups excluding carboxylic acids is 2. The highest BCUT2D eigenvalue weighted by atomic mass is 16.4. The number of aliphatic hydroxyl groups excluding tert-OH is 1. The average molecular weight is 429 g/mol. The van der Waals surface area contributed by atoms with Crippen LogP contribution in [-0.4, -0.2) is 86.5 Å². The highest BCUT2D eigenvalue weighted by molar-refractivity contribution is 5.92. The Morgan fingerprint density at radius 1 is 1.35 bits per heavy atom. The maximum absolute atomic E-state index is 12.4. The molecule has 0 aromatic carbocycles. The van der Waals surface area contributed by atoms with Crippen molar-refractivity contribution < 1.29 is 19.1 Å². The summed E-state index contributed by atoms with van der Waals surface area (Å²) in [5.41, 5.74) is 1.13. The maximum atomic E-state index is 12.4. The van der Waals surface area contributed by atoms with Crippen molar-refractivity contribution in [3.63, 3.8) is 0 Å². The van der Waals surface area contributed by atoms with Crippen LogP contribution in [0.3, 0.4) is 0 Å². The summed E-state index contributed by atoms with van der Waals surface area (Å²) in [4.78, 5) is 40.0. The Hall–Kier alpha value is -3.05. The van der Waals surface area contributed by atoms with Crippen LogP contribution in [0.1, 0.15) is 34.8 Å². The number of aryl methyl sites for hydroxylation is 1. The van der Waals surface area contributed by atoms with Gasteiger partial charge in [0.15, 0.2) is 5.89 Å². The molecule has 0 spiro atoms. The van der Waals surface area contributed by atoms with Crippen LogP contribution in [0.15, 0.2) is 16.8 Å². The van der Waals surface area contributed by atoms with Crippen molar-refractivity contribution in [3.05, 3.63) is 35.4 Å². The van der Waals surface area contributed by atoms with Crippen molar-refractivity contribution in [1.82, 2.24) is 30.1 Å². The van der Waals surface area contributed by atoms with Crippen molar-refractivity contribution in [1.29, 1.82) is 0 Å². The number of hydrogen-bond acceptors (Lipinski definition) is 9. The van der Waals surface area contributed by atoms with Gasteiger partial charge in [-0.15, -0.1) is 0 Å². The van der Waals surface area contributed by atoms with Gasteiger partial charge in [0.05, 0.1) is 17.8 Å². The lowest BCUT2D eigenvalue weighted by Crippen LogP contribution is -2.56. The largest absolute Gasteiger partial charge is 0.446 e. The van der Waals surface area contributed by atoms with E-state index in [9.17, 15) is 14.7 Å². The van der Waals surface area contributed by atoms with Gasteiger partial charge in [0.25, 0.3) is 5.91 Å². The molecule has 1 fully saturated rings. The summed E-state index contributed by atoms with van der Waals surface area (Å²) >= 11 is 0. The number of nitrogens with one attached hydrogen (secondary N) is 2. The fraction of sp³-hybridized carbons (Fsp3) is 0.550. The van der Waals surface area contributed by atoms with E-state index in [0.29, 0.717) is 37.9 Å². The zero-order valence-electron chi connectivity index (χ0n) is 17.7. The number of oxazole rings is 1. The molecule has 11 heteroatoms. The van der Waals surface area contributed by atoms with Gasteiger partial charge in [0.1, 0.15) is 23.6 Å². The number of nitrogens with zero attached hydrogens (tertiary/aromatic N) is 5. The van der Waals surface area contributed by atoms with Gasteiger partial charge in [-0.1, -0.05) is 0 Å². The lowest BCUT2D eigenvalue weighted by atomic mass is 10.1. The summed E-state index contributed by atoms with van der Waals surface area (Å²) in [5.74, 6) is 1.77. The third-order valence-electron chi connectivity index (χ3n) is 5.46. The molecule has 0 bridgehead atoms. The molecular weight excluding hydrogens is 402 g/mol. The first kappa shape index (κ1) is 21.2. The van der Waals surface area contributed by atoms with Crippen molar-refractivity contribution in [3.8, 4) is 0 Å². The molecule has 11 nitrogen and oxygen atoms in total. The lowest BCUT2D eigenvalue weighted by molar-refractivity contribution is -0.132. The molecule has 0 radical (unpaired) electrons. The van der Waals surface area contributed by atoms with E-state index in [1.54, 1.807) is 11.0 Å². The number of β-amino-alcohol motifs (C(OH)–C–C–N with tert-alkyl or cyclic N) is 1. The minimum atomic E-state index is -0.717. The number of fused-ring (bicyclic) bond motifs is 1. The summed E-state index contributed by atoms with van der Waals surface area (Å²) in [6, 6.07) is 1.67. The first-order valence-electron chi connectivity index (χ1n) is 10.3. The molecule has 2 aromatic rings. The fourth-order valence-electron chi connectivity index (χ4n) is 3.80. The Labute approximate surface area is 179 Å². The van der Waals surface area contributed by atoms with E-state index in [4.69, 9.17) is 4.42 Å². The second-order valence-corrected chi connectivity index (χ2v) is 8.01. The second-order valence-electron chi connectivity index (χ2n) is 8.01. The zero-order valence-corrected chi connectivity index (χ0v) is 17.7. The molecule has 4 heterocycles. The Bertz CT molecular complexity index is 957. The number of aliphatic hydroxyl groups is 1. The smallest absolute Gasteiger partial charge is 0.270 e. The highest BCUT2D eigenvalue weighted by Gasteiger charge is 2.28. The summed E-state index contributed by atoms with van der Waals surface area (Å²) in [5, 5.41) is 16.3. The second kappa shape index (κ2) is 8.98. The predicted octanol–water partition coefficient (Wildman–Crippen LogP) is -0.435. The lowest BCUT2D eigenvalue weighted by Gasteiger charge is -2.39. The van der Waals surface area contributed by atoms with Crippen LogP contribution in [0, 0.1) is 6.92 Å². The van der Waals surface area contributed by atoms with Crippen molar-refractivity contribution in [2.24, 2.45) is 0 Å². The summed E-state index contributed by atoms with van der Waals surface area (Å²) in [7, 11) is 0. The van der Waals surface area contributed by atoms with E-state index in [1.165, 1.54) is 13.3 Å². The number of amides is 2. The molecule has 0 aliphatic carbocycles. The van der Waals surface area contributed by atoms with Gasteiger partial charge in [-0.25, -0.2) is 15.0 Å². The summed E-state index contributed by atoms with van der Waals surface area (Å²) in [6.45, 7) is 6.53. The standard InChI is InChI=1S/C20H27N7O4/c1-12-24-17-10-26(4-3-18(17)31-12)9-15(29)6-21-20(30)16-5-19(23-11-22-16)25-14-7-27(8-14)13(2)28/h5,11,14-15,29H,3-4,6-10H2,1-2H3,(H,21,30)(H,22,23,25). The SMILES string of the molecule is CC(=O)N1CC(Nc2cc(C(=O)NCC(O)CN3CCc4oc(C)nc4C3)ncn2)C1. The minimum Gasteiger partial charge on any atom is -0.446 e. The number of carbonyl (C=O) groups is 2. The van der Waals surface area contributed by atoms with E-state index >= 15 is 0 Å². The Balaban J connectivity index is 1.23. The van der Waals surface area contributed by atoms with Gasteiger partial charge >= 0.3 is 0 Å². The van der Waals surface area contributed by atoms with E-state index in [-0.39, 0.29) is 30.1 Å². The molecule has 0 saturated carbocycles. The quantitative estimate of drug-likeness (QED) is 0.535. The number of aromatic nitrogens is 3. The first-order chi connectivity index (χ1) is 14.9. The molecule has 3 N–H and O–H groups in total. The van der Waals surface area contributed by atoms with Crippen molar-refractivity contribution >= 4 is 17.6 Å². The monoisotopic (exact) mass is 429 g/mol. The molecule has 1 atom stereocenters. The number of anilines is 1. The molecule has 2 aliphatic heterocycles. The van der Waals surface area contributed by atoms with Crippen LogP contribution < -0.4 is 10.6 Å². The van der Waals surface area contributed by atoms with E-state index in [0.717, 1.165) is 24.4 Å². The molecule has 1 unspecified atom stereocenters. The molecule has 2 amide bonds. The van der Waals surface area contributed by atoms with Crippen LogP contribution in [0.25, 0.3) is 0 Å². The van der Waals surface area contributed by atoms with Crippen LogP contribution in [0.2, 0.25) is 0 Å². The normalized spacial score (nSPS) is 17.6. The van der Waals surface area contributed by atoms with Crippen LogP contribution in [-0.2, 0) is 17.8 Å². The predicted molar refractivity (Wildman–Crippen MR) is 110 cm³/mol. The molecule has 2 aliphatic rings. The molecule has 2 aromatic heterocycles. The molecule has 166 valence electrons. The molecule has 4 rings (SSSR count). The van der Waals surface area contributed by atoms with E-state index < -0.39 is 6.10 Å². The number of rotatable bonds is 7. The maximum Gasteiger partial charge on any atom is 0.270 e. The van der Waals surface area contributed by atoms with Gasteiger partial charge in [0.2, 0.25) is 5.91 Å². The summed E-state index contributed by atoms with van der Waals surface area (Å²) in [6.07, 6.45) is 1.36. The molecule has 31 heavy (non-hydrogen) atoms. The van der Waals surface area contributed by atoms with Crippen LogP contribution in [0.5, 0.6) is 0 Å². The van der Waals surface area contributed by atoms with Gasteiger partial charge < -0.3 is 25.1 Å². The van der Waals surface area contributed by atoms with Crippen LogP contribution >= 0.6 is 0 Å². The van der Waals surface area contributed by atoms with Gasteiger partial charge in [-0.3, -0.25) is 14.5 Å². The van der Waals surface area contributed by atoms with Gasteiger partial charge in [-0.05, 0) is 0 Å². The fourth-order valence-corrected chi connectivity index (χ4v) is 3.80. The third kappa shape index (κ3) is 5.17. The number of likely N-dealkylation sites (tertiary alicyclic amines) is 1. The topological polar surface area (TPSA) is 137 Å². The van der Waals surface area contributed by atoms with Crippen molar-refractivity contribution in [2.45, 2.75) is 39.0 Å². The minimum absolute atomic E-state index is 0.0421. The molecular formula is C20H27N7O4. The Morgan fingerprint density at radius 3 is 2.94 bits per heavy atom. The average Bonchev–Trinajstić information content (AvgIpc) is 3.07. The highest BCUT2D eigenvalue weighted by Crippen LogP contribution is 2.19. The van der Waals surface area contributed by atoms with Crippen molar-refractivity contribution in [2.75, 3.05) is 38.0 Å². The van der Waals surface area contributed by atoms with Gasteiger partial charge in [0, 0.05) is 65.6 Å². The first-order valence-corrected chi connectivity index (χ1v) is 10.3. The van der Waals surface area contributed by atoms with Crippen LogP contribution in [0.4, 0.5) is 5.82 Å². The Morgan fingerprint density at radius 2 is 2.16 bits per heavy atom. The summed E-state index contributed by atoms with van der Waals surface area (Å²) < 4.78 is 5.56. The van der Waals surface area contributed by atoms with E-state index in [2.05, 4.69) is 30.5 Å².